The molecule has 2 aromatic heterocycles. The molecule has 0 saturated heterocycles. The van der Waals surface area contributed by atoms with Gasteiger partial charge in [0.15, 0.2) is 5.69 Å². The van der Waals surface area contributed by atoms with Crippen molar-refractivity contribution in [1.82, 2.24) is 14.4 Å². The molecule has 39 heavy (non-hydrogen) atoms. The van der Waals surface area contributed by atoms with Crippen LogP contribution in [0.5, 0.6) is 5.75 Å². The van der Waals surface area contributed by atoms with E-state index in [1.807, 2.05) is 42.6 Å². The lowest BCUT2D eigenvalue weighted by Gasteiger charge is -2.32. The van der Waals surface area contributed by atoms with Crippen molar-refractivity contribution in [3.05, 3.63) is 89.3 Å². The average molecular weight is 548 g/mol. The first-order chi connectivity index (χ1) is 18.9. The van der Waals surface area contributed by atoms with Crippen LogP contribution in [0.1, 0.15) is 48.2 Å². The number of phenols is 1. The van der Waals surface area contributed by atoms with Crippen molar-refractivity contribution in [1.29, 1.82) is 0 Å². The van der Waals surface area contributed by atoms with Crippen molar-refractivity contribution in [3.63, 3.8) is 0 Å². The molecule has 9 heteroatoms. The third-order valence-corrected chi connectivity index (χ3v) is 7.45. The first-order valence-electron chi connectivity index (χ1n) is 13.1. The lowest BCUT2D eigenvalue weighted by molar-refractivity contribution is -0.175. The van der Waals surface area contributed by atoms with Crippen molar-refractivity contribution < 1.29 is 24.6 Å². The number of phenolic OH excluding ortho intramolecular Hbond substituents is 1. The smallest absolute Gasteiger partial charge is 0.377 e. The number of halogens is 1. The lowest BCUT2D eigenvalue weighted by Crippen LogP contribution is -2.46. The maximum Gasteiger partial charge on any atom is 0.377 e. The van der Waals surface area contributed by atoms with Gasteiger partial charge in [-0.2, -0.15) is 0 Å². The summed E-state index contributed by atoms with van der Waals surface area (Å²) in [5, 5.41) is 21.7. The standard InChI is InChI=1S/C30H30ClN3O5/c31-24-11-8-22(9-12-24)23-10-15-28-32-26(19-33(28)18-23)30(38)39-34(17-21-4-2-1-3-5-21)27(29(36)37)16-20-6-13-25(35)14-7-20/h6-15,18-19,21,27,35H,1-5,16-17H2,(H,36,37)/t27-/m0/s1. The summed E-state index contributed by atoms with van der Waals surface area (Å²) >= 11 is 6.01. The van der Waals surface area contributed by atoms with Crippen molar-refractivity contribution in [3.8, 4) is 16.9 Å². The van der Waals surface area contributed by atoms with E-state index >= 15 is 0 Å². The molecule has 0 bridgehead atoms. The van der Waals surface area contributed by atoms with E-state index in [1.54, 1.807) is 22.7 Å². The van der Waals surface area contributed by atoms with Crippen LogP contribution in [-0.4, -0.2) is 49.2 Å². The minimum atomic E-state index is -1.09. The Kier molecular flexibility index (Phi) is 8.14. The number of carboxylic acid groups (broad SMARTS) is 1. The number of hydrogen-bond donors (Lipinski definition) is 2. The van der Waals surface area contributed by atoms with Crippen molar-refractivity contribution >= 4 is 29.2 Å². The van der Waals surface area contributed by atoms with Crippen LogP contribution in [0, 0.1) is 5.92 Å². The van der Waals surface area contributed by atoms with Crippen LogP contribution >= 0.6 is 11.6 Å². The molecule has 0 unspecified atom stereocenters. The van der Waals surface area contributed by atoms with Crippen LogP contribution in [0.4, 0.5) is 0 Å². The zero-order chi connectivity index (χ0) is 27.4. The van der Waals surface area contributed by atoms with E-state index in [0.29, 0.717) is 22.8 Å². The van der Waals surface area contributed by atoms with Gasteiger partial charge < -0.3 is 19.5 Å². The fourth-order valence-electron chi connectivity index (χ4n) is 5.08. The Bertz CT molecular complexity index is 1450. The number of aromatic hydroxyl groups is 1. The highest BCUT2D eigenvalue weighted by Gasteiger charge is 2.33. The number of fused-ring (bicyclic) bond motifs is 1. The SMILES string of the molecule is O=C(ON(CC1CCCCC1)[C@@H](Cc1ccc(O)cc1)C(=O)O)c1cn2cc(-c3ccc(Cl)cc3)ccc2n1. The van der Waals surface area contributed by atoms with Crippen LogP contribution in [-0.2, 0) is 16.1 Å². The summed E-state index contributed by atoms with van der Waals surface area (Å²) < 4.78 is 1.75. The monoisotopic (exact) mass is 547 g/mol. The number of rotatable bonds is 9. The molecule has 4 aromatic rings. The van der Waals surface area contributed by atoms with E-state index in [2.05, 4.69) is 4.98 Å². The molecule has 1 fully saturated rings. The second kappa shape index (κ2) is 11.9. The Labute approximate surface area is 231 Å². The van der Waals surface area contributed by atoms with Gasteiger partial charge in [0.25, 0.3) is 0 Å². The second-order valence-electron chi connectivity index (χ2n) is 10.0. The Hall–Kier alpha value is -3.88. The summed E-state index contributed by atoms with van der Waals surface area (Å²) in [7, 11) is 0. The van der Waals surface area contributed by atoms with Gasteiger partial charge in [-0.25, -0.2) is 9.78 Å². The zero-order valence-corrected chi connectivity index (χ0v) is 22.1. The quantitative estimate of drug-likeness (QED) is 0.247. The maximum absolute atomic E-state index is 13.3. The molecule has 1 aliphatic carbocycles. The molecule has 5 rings (SSSR count). The molecule has 0 spiro atoms. The molecule has 1 aliphatic rings. The highest BCUT2D eigenvalue weighted by molar-refractivity contribution is 6.30. The number of hydrogen-bond acceptors (Lipinski definition) is 6. The van der Waals surface area contributed by atoms with Gasteiger partial charge in [-0.3, -0.25) is 4.79 Å². The lowest BCUT2D eigenvalue weighted by atomic mass is 9.89. The predicted molar refractivity (Wildman–Crippen MR) is 148 cm³/mol. The van der Waals surface area contributed by atoms with E-state index in [0.717, 1.165) is 43.2 Å². The molecule has 2 aromatic carbocycles. The molecule has 202 valence electrons. The molecular formula is C30H30ClN3O5. The zero-order valence-electron chi connectivity index (χ0n) is 21.4. The minimum absolute atomic E-state index is 0.0886. The Morgan fingerprint density at radius 2 is 1.67 bits per heavy atom. The topological polar surface area (TPSA) is 104 Å². The van der Waals surface area contributed by atoms with Gasteiger partial charge in [-0.05, 0) is 71.8 Å². The third-order valence-electron chi connectivity index (χ3n) is 7.20. The Morgan fingerprint density at radius 1 is 0.974 bits per heavy atom. The van der Waals surface area contributed by atoms with Crippen molar-refractivity contribution in [2.45, 2.75) is 44.6 Å². The van der Waals surface area contributed by atoms with E-state index in [1.165, 1.54) is 17.2 Å². The number of aromatic nitrogens is 2. The highest BCUT2D eigenvalue weighted by atomic mass is 35.5. The Balaban J connectivity index is 1.39. The van der Waals surface area contributed by atoms with E-state index < -0.39 is 18.0 Å². The predicted octanol–water partition coefficient (Wildman–Crippen LogP) is 6.01. The second-order valence-corrected chi connectivity index (χ2v) is 10.5. The number of hydroxylamine groups is 2. The summed E-state index contributed by atoms with van der Waals surface area (Å²) in [6.45, 7) is 0.328. The minimum Gasteiger partial charge on any atom is -0.508 e. The largest absolute Gasteiger partial charge is 0.508 e. The van der Waals surface area contributed by atoms with Gasteiger partial charge in [-0.1, -0.05) is 55.1 Å². The van der Waals surface area contributed by atoms with Gasteiger partial charge in [0, 0.05) is 30.4 Å². The molecular weight excluding hydrogens is 518 g/mol. The molecule has 0 amide bonds. The highest BCUT2D eigenvalue weighted by Crippen LogP contribution is 2.27. The molecule has 1 saturated carbocycles. The van der Waals surface area contributed by atoms with Crippen LogP contribution < -0.4 is 0 Å². The summed E-state index contributed by atoms with van der Waals surface area (Å²) in [6.07, 6.45) is 8.80. The third kappa shape index (κ3) is 6.58. The molecule has 8 nitrogen and oxygen atoms in total. The Morgan fingerprint density at radius 3 is 2.36 bits per heavy atom. The van der Waals surface area contributed by atoms with Gasteiger partial charge >= 0.3 is 11.9 Å². The van der Waals surface area contributed by atoms with Crippen LogP contribution in [0.25, 0.3) is 16.8 Å². The summed E-state index contributed by atoms with van der Waals surface area (Å²) in [4.78, 5) is 35.9. The van der Waals surface area contributed by atoms with Gasteiger partial charge in [0.05, 0.1) is 0 Å². The number of carboxylic acids is 1. The van der Waals surface area contributed by atoms with E-state index in [-0.39, 0.29) is 23.8 Å². The maximum atomic E-state index is 13.3. The number of benzene rings is 2. The number of carbonyl (C=O) groups is 2. The van der Waals surface area contributed by atoms with Crippen LogP contribution in [0.3, 0.4) is 0 Å². The van der Waals surface area contributed by atoms with Gasteiger partial charge in [0.2, 0.25) is 0 Å². The number of aliphatic carboxylic acids is 1. The van der Waals surface area contributed by atoms with Crippen molar-refractivity contribution in [2.24, 2.45) is 5.92 Å². The normalized spacial score (nSPS) is 14.9. The molecule has 2 heterocycles. The fourth-order valence-corrected chi connectivity index (χ4v) is 5.20. The summed E-state index contributed by atoms with van der Waals surface area (Å²) in [6, 6.07) is 16.5. The van der Waals surface area contributed by atoms with Crippen molar-refractivity contribution in [2.75, 3.05) is 6.54 Å². The molecule has 0 aliphatic heterocycles. The average Bonchev–Trinajstić information content (AvgIpc) is 3.37. The fraction of sp³-hybridized carbons (Fsp3) is 0.300. The summed E-state index contributed by atoms with van der Waals surface area (Å²) in [5.74, 6) is -1.47. The summed E-state index contributed by atoms with van der Waals surface area (Å²) in [5.41, 5.74) is 3.27. The first kappa shape index (κ1) is 26.7. The molecule has 1 atom stereocenters. The van der Waals surface area contributed by atoms with Gasteiger partial charge in [0.1, 0.15) is 17.4 Å². The van der Waals surface area contributed by atoms with Crippen LogP contribution in [0.15, 0.2) is 73.1 Å². The van der Waals surface area contributed by atoms with Crippen LogP contribution in [0.2, 0.25) is 5.02 Å². The van der Waals surface area contributed by atoms with E-state index in [4.69, 9.17) is 16.4 Å². The number of carbonyl (C=O) groups excluding carboxylic acids is 1. The molecule has 2 N–H and O–H groups in total. The molecule has 0 radical (unpaired) electrons. The number of pyridine rings is 1. The van der Waals surface area contributed by atoms with Gasteiger partial charge in [-0.15, -0.1) is 5.06 Å². The van der Waals surface area contributed by atoms with E-state index in [9.17, 15) is 19.8 Å². The number of imidazole rings is 1. The first-order valence-corrected chi connectivity index (χ1v) is 13.5. The number of nitrogens with zero attached hydrogens (tertiary/aromatic N) is 3.